The molecule has 1 aliphatic heterocycles. The van der Waals surface area contributed by atoms with Crippen molar-refractivity contribution in [2.45, 2.75) is 56.7 Å². The van der Waals surface area contributed by atoms with Gasteiger partial charge in [0.15, 0.2) is 0 Å². The Morgan fingerprint density at radius 1 is 1.19 bits per heavy atom. The van der Waals surface area contributed by atoms with Gasteiger partial charge >= 0.3 is 0 Å². The van der Waals surface area contributed by atoms with Crippen LogP contribution in [-0.2, 0) is 28.8 Å². The fourth-order valence-electron chi connectivity index (χ4n) is 3.61. The largest absolute Gasteiger partial charge is 0.347 e. The molecule has 1 aliphatic carbocycles. The number of hydrogen-bond donors (Lipinski definition) is 3. The van der Waals surface area contributed by atoms with Gasteiger partial charge in [-0.05, 0) is 26.3 Å². The van der Waals surface area contributed by atoms with Crippen LogP contribution in [0.1, 0.15) is 39.0 Å². The smallest absolute Gasteiger partial charge is 0.290 e. The average molecular weight is 437 g/mol. The van der Waals surface area contributed by atoms with Crippen LogP contribution in [-0.4, -0.2) is 96.9 Å². The maximum atomic E-state index is 12.5. The van der Waals surface area contributed by atoms with Gasteiger partial charge in [0.05, 0.1) is 25.2 Å². The monoisotopic (exact) mass is 437 g/mol. The van der Waals surface area contributed by atoms with Crippen LogP contribution in [0.3, 0.4) is 0 Å². The van der Waals surface area contributed by atoms with Crippen LogP contribution in [0.2, 0.25) is 0 Å². The van der Waals surface area contributed by atoms with Crippen molar-refractivity contribution in [3.8, 4) is 0 Å². The quantitative estimate of drug-likeness (QED) is 0.334. The minimum Gasteiger partial charge on any atom is -0.347 e. The molecule has 1 saturated carbocycles. The Labute approximate surface area is 181 Å². The summed E-state index contributed by atoms with van der Waals surface area (Å²) in [6.07, 6.45) is 1.89. The highest BCUT2D eigenvalue weighted by Gasteiger charge is 2.51. The van der Waals surface area contributed by atoms with E-state index in [-0.39, 0.29) is 31.1 Å². The van der Waals surface area contributed by atoms with Crippen molar-refractivity contribution in [2.24, 2.45) is 0 Å². The molecule has 0 aromatic heterocycles. The molecule has 4 amide bonds. The molecule has 0 bridgehead atoms. The molecule has 11 nitrogen and oxygen atoms in total. The predicted molar refractivity (Wildman–Crippen MR) is 110 cm³/mol. The fraction of sp³-hybridized carbons (Fsp3) is 0.700. The van der Waals surface area contributed by atoms with Crippen molar-refractivity contribution in [3.63, 3.8) is 0 Å². The fourth-order valence-corrected chi connectivity index (χ4v) is 3.61. The lowest BCUT2D eigenvalue weighted by atomic mass is 10.1. The topological polar surface area (TPSA) is 145 Å². The first-order valence-electron chi connectivity index (χ1n) is 10.4. The molecule has 2 fully saturated rings. The summed E-state index contributed by atoms with van der Waals surface area (Å²) < 4.78 is 0. The number of amides is 4. The van der Waals surface area contributed by atoms with E-state index in [2.05, 4.69) is 16.0 Å². The molecule has 0 radical (unpaired) electrons. The van der Waals surface area contributed by atoms with Crippen LogP contribution in [0.4, 0.5) is 0 Å². The molecule has 2 aliphatic rings. The number of nitrogens with zero attached hydrogens (tertiary/aromatic N) is 2. The molecule has 1 heterocycles. The van der Waals surface area contributed by atoms with Gasteiger partial charge in [-0.15, -0.1) is 0 Å². The van der Waals surface area contributed by atoms with Crippen LogP contribution in [0, 0.1) is 0 Å². The molecule has 11 heteroatoms. The number of hydrogen-bond acceptors (Lipinski definition) is 7. The lowest BCUT2D eigenvalue weighted by Crippen LogP contribution is -2.54. The van der Waals surface area contributed by atoms with E-state index in [0.29, 0.717) is 19.3 Å². The summed E-state index contributed by atoms with van der Waals surface area (Å²) in [7, 11) is 4.83. The molecular formula is C20H31N5O6. The number of likely N-dealkylation sites (tertiary alicyclic amines) is 1. The third kappa shape index (κ3) is 6.09. The van der Waals surface area contributed by atoms with Crippen molar-refractivity contribution < 1.29 is 28.8 Å². The molecule has 31 heavy (non-hydrogen) atoms. The first kappa shape index (κ1) is 24.4. The van der Waals surface area contributed by atoms with E-state index in [1.807, 2.05) is 0 Å². The zero-order valence-corrected chi connectivity index (χ0v) is 18.4. The molecule has 2 rings (SSSR count). The summed E-state index contributed by atoms with van der Waals surface area (Å²) in [6, 6.07) is -1.72. The molecule has 2 atom stereocenters. The van der Waals surface area contributed by atoms with Crippen LogP contribution < -0.4 is 16.0 Å². The second-order valence-electron chi connectivity index (χ2n) is 8.40. The molecule has 3 N–H and O–H groups in total. The van der Waals surface area contributed by atoms with Gasteiger partial charge in [-0.25, -0.2) is 0 Å². The third-order valence-corrected chi connectivity index (χ3v) is 5.47. The lowest BCUT2D eigenvalue weighted by Gasteiger charge is -2.22. The Morgan fingerprint density at radius 3 is 2.32 bits per heavy atom. The molecular weight excluding hydrogens is 406 g/mol. The number of carbonyl (C=O) groups is 6. The Hall–Kier alpha value is -2.82. The van der Waals surface area contributed by atoms with Crippen LogP contribution in [0.25, 0.3) is 0 Å². The highest BCUT2D eigenvalue weighted by Crippen LogP contribution is 2.36. The minimum absolute atomic E-state index is 0.0639. The molecule has 0 aromatic rings. The van der Waals surface area contributed by atoms with E-state index < -0.39 is 47.7 Å². The van der Waals surface area contributed by atoms with E-state index >= 15 is 0 Å². The summed E-state index contributed by atoms with van der Waals surface area (Å²) >= 11 is 0. The third-order valence-electron chi connectivity index (χ3n) is 5.47. The summed E-state index contributed by atoms with van der Waals surface area (Å²) in [5.41, 5.74) is -0.932. The molecule has 172 valence electrons. The Balaban J connectivity index is 1.88. The standard InChI is InChI=1S/C20H31N5O6/c1-5-6-13(22-17(29)14-9-12(26)11-25(14)4)16(28)18(30)21-10-15(27)23-20(7-8-20)19(31)24(2)3/h13-14H,5-11H2,1-4H3,(H,21,30)(H,22,29)(H,23,27). The zero-order chi connectivity index (χ0) is 23.3. The van der Waals surface area contributed by atoms with Gasteiger partial charge in [0.25, 0.3) is 5.91 Å². The van der Waals surface area contributed by atoms with Gasteiger partial charge in [-0.3, -0.25) is 33.7 Å². The van der Waals surface area contributed by atoms with Crippen molar-refractivity contribution in [1.29, 1.82) is 0 Å². The molecule has 0 spiro atoms. The molecule has 1 saturated heterocycles. The van der Waals surface area contributed by atoms with E-state index in [0.717, 1.165) is 0 Å². The van der Waals surface area contributed by atoms with E-state index in [1.165, 1.54) is 4.90 Å². The summed E-state index contributed by atoms with van der Waals surface area (Å²) in [4.78, 5) is 76.1. The number of nitrogens with one attached hydrogen (secondary N) is 3. The van der Waals surface area contributed by atoms with Gasteiger partial charge in [0.2, 0.25) is 23.5 Å². The summed E-state index contributed by atoms with van der Waals surface area (Å²) in [6.45, 7) is 1.51. The van der Waals surface area contributed by atoms with Crippen molar-refractivity contribution >= 4 is 35.2 Å². The van der Waals surface area contributed by atoms with Crippen LogP contribution >= 0.6 is 0 Å². The number of likely N-dealkylation sites (N-methyl/N-ethyl adjacent to an activating group) is 2. The van der Waals surface area contributed by atoms with E-state index in [4.69, 9.17) is 0 Å². The Kier molecular flexibility index (Phi) is 7.88. The SMILES string of the molecule is CCCC(NC(=O)C1CC(=O)CN1C)C(=O)C(=O)NCC(=O)NC1(C(=O)N(C)C)CC1. The van der Waals surface area contributed by atoms with Gasteiger partial charge in [0, 0.05) is 20.5 Å². The second kappa shape index (κ2) is 9.99. The maximum Gasteiger partial charge on any atom is 0.290 e. The minimum atomic E-state index is -1.05. The molecule has 0 aromatic carbocycles. The number of ketones is 2. The van der Waals surface area contributed by atoms with Gasteiger partial charge < -0.3 is 20.9 Å². The van der Waals surface area contributed by atoms with Gasteiger partial charge in [0.1, 0.15) is 11.3 Å². The van der Waals surface area contributed by atoms with Crippen molar-refractivity contribution in [1.82, 2.24) is 25.8 Å². The van der Waals surface area contributed by atoms with Crippen molar-refractivity contribution in [2.75, 3.05) is 34.2 Å². The van der Waals surface area contributed by atoms with Gasteiger partial charge in [-0.2, -0.15) is 0 Å². The normalized spacial score (nSPS) is 20.5. The Morgan fingerprint density at radius 2 is 1.84 bits per heavy atom. The highest BCUT2D eigenvalue weighted by atomic mass is 16.2. The average Bonchev–Trinajstić information content (AvgIpc) is 3.40. The van der Waals surface area contributed by atoms with Crippen molar-refractivity contribution in [3.05, 3.63) is 0 Å². The van der Waals surface area contributed by atoms with Gasteiger partial charge in [-0.1, -0.05) is 13.3 Å². The summed E-state index contributed by atoms with van der Waals surface area (Å²) in [5.74, 6) is -3.19. The van der Waals surface area contributed by atoms with E-state index in [1.54, 1.807) is 33.0 Å². The van der Waals surface area contributed by atoms with Crippen LogP contribution in [0.5, 0.6) is 0 Å². The zero-order valence-electron chi connectivity index (χ0n) is 18.4. The molecule has 2 unspecified atom stereocenters. The lowest BCUT2D eigenvalue weighted by molar-refractivity contribution is -0.141. The first-order chi connectivity index (χ1) is 14.5. The predicted octanol–water partition coefficient (Wildman–Crippen LogP) is -2.03. The number of Topliss-reactive ketones (excluding diaryl/α,β-unsaturated/α-hetero) is 2. The Bertz CT molecular complexity index is 776. The maximum absolute atomic E-state index is 12.5. The summed E-state index contributed by atoms with van der Waals surface area (Å²) in [5, 5.41) is 7.43. The number of carbonyl (C=O) groups excluding carboxylic acids is 6. The highest BCUT2D eigenvalue weighted by molar-refractivity contribution is 6.38. The number of rotatable bonds is 10. The first-order valence-corrected chi connectivity index (χ1v) is 10.4. The van der Waals surface area contributed by atoms with Crippen LogP contribution in [0.15, 0.2) is 0 Å². The second-order valence-corrected chi connectivity index (χ2v) is 8.40. The van der Waals surface area contributed by atoms with E-state index in [9.17, 15) is 28.8 Å².